The molecule has 0 saturated carbocycles. The number of hydrogen-bond acceptors (Lipinski definition) is 6. The van der Waals surface area contributed by atoms with Crippen molar-refractivity contribution in [1.29, 1.82) is 0 Å². The van der Waals surface area contributed by atoms with E-state index < -0.39 is 0 Å². The van der Waals surface area contributed by atoms with Gasteiger partial charge in [-0.1, -0.05) is 6.92 Å². The molecular weight excluding hydrogens is 246 g/mol. The lowest BCUT2D eigenvalue weighted by Gasteiger charge is -2.29. The van der Waals surface area contributed by atoms with Crippen molar-refractivity contribution in [1.82, 2.24) is 15.3 Å². The molecule has 1 heterocycles. The summed E-state index contributed by atoms with van der Waals surface area (Å²) in [5.41, 5.74) is 0.644. The van der Waals surface area contributed by atoms with E-state index in [9.17, 15) is 0 Å². The minimum atomic E-state index is -0.138. The van der Waals surface area contributed by atoms with Crippen molar-refractivity contribution in [2.24, 2.45) is 0 Å². The highest BCUT2D eigenvalue weighted by Gasteiger charge is 2.22. The van der Waals surface area contributed by atoms with E-state index in [2.05, 4.69) is 29.1 Å². The van der Waals surface area contributed by atoms with Crippen LogP contribution >= 0.6 is 0 Å². The normalized spacial score (nSPS) is 13.9. The minimum Gasteiger partial charge on any atom is -0.481 e. The molecule has 0 fully saturated rings. The number of aliphatic hydroxyl groups is 1. The van der Waals surface area contributed by atoms with Gasteiger partial charge in [0.2, 0.25) is 11.8 Å². The van der Waals surface area contributed by atoms with E-state index in [4.69, 9.17) is 14.6 Å². The average molecular weight is 269 g/mol. The summed E-state index contributed by atoms with van der Waals surface area (Å²) in [5, 5.41) is 12.5. The molecule has 1 aromatic rings. The predicted octanol–water partition coefficient (Wildman–Crippen LogP) is 1.13. The van der Waals surface area contributed by atoms with Crippen molar-refractivity contribution >= 4 is 0 Å². The largest absolute Gasteiger partial charge is 0.481 e. The molecule has 0 spiro atoms. The lowest BCUT2D eigenvalue weighted by molar-refractivity contribution is 0.213. The van der Waals surface area contributed by atoms with Crippen molar-refractivity contribution in [2.75, 3.05) is 20.8 Å². The number of methoxy groups -OCH3 is 2. The third kappa shape index (κ3) is 4.04. The van der Waals surface area contributed by atoms with E-state index in [-0.39, 0.29) is 12.1 Å². The Labute approximate surface area is 114 Å². The Morgan fingerprint density at radius 2 is 1.84 bits per heavy atom. The molecule has 0 radical (unpaired) electrons. The zero-order valence-corrected chi connectivity index (χ0v) is 12.1. The summed E-state index contributed by atoms with van der Waals surface area (Å²) in [4.78, 5) is 8.15. The van der Waals surface area contributed by atoms with Crippen molar-refractivity contribution in [3.05, 3.63) is 11.9 Å². The number of rotatable bonds is 8. The third-order valence-corrected chi connectivity index (χ3v) is 3.39. The Balaban J connectivity index is 2.86. The first kappa shape index (κ1) is 15.7. The summed E-state index contributed by atoms with van der Waals surface area (Å²) in [6.45, 7) is 4.83. The first-order chi connectivity index (χ1) is 9.10. The quantitative estimate of drug-likeness (QED) is 0.737. The lowest BCUT2D eigenvalue weighted by atomic mass is 9.94. The van der Waals surface area contributed by atoms with E-state index in [0.717, 1.165) is 12.0 Å². The molecule has 6 heteroatoms. The Bertz CT molecular complexity index is 378. The van der Waals surface area contributed by atoms with Gasteiger partial charge in [-0.15, -0.1) is 0 Å². The molecule has 1 atom stereocenters. The Kier molecular flexibility index (Phi) is 5.98. The first-order valence-corrected chi connectivity index (χ1v) is 6.38. The van der Waals surface area contributed by atoms with Gasteiger partial charge >= 0.3 is 0 Å². The topological polar surface area (TPSA) is 76.5 Å². The van der Waals surface area contributed by atoms with Crippen molar-refractivity contribution in [2.45, 2.75) is 38.8 Å². The first-order valence-electron chi connectivity index (χ1n) is 6.38. The molecule has 108 valence electrons. The van der Waals surface area contributed by atoms with Crippen LogP contribution in [0.4, 0.5) is 0 Å². The van der Waals surface area contributed by atoms with Gasteiger partial charge < -0.3 is 19.9 Å². The summed E-state index contributed by atoms with van der Waals surface area (Å²) in [6.07, 6.45) is 3.00. The van der Waals surface area contributed by atoms with Crippen molar-refractivity contribution in [3.8, 4) is 11.8 Å². The number of nitrogens with one attached hydrogen (secondary N) is 1. The predicted molar refractivity (Wildman–Crippen MR) is 72.4 cm³/mol. The van der Waals surface area contributed by atoms with E-state index >= 15 is 0 Å². The number of aromatic nitrogens is 2. The van der Waals surface area contributed by atoms with Crippen LogP contribution in [0.25, 0.3) is 0 Å². The Morgan fingerprint density at radius 3 is 2.26 bits per heavy atom. The molecule has 0 aliphatic heterocycles. The standard InChI is InChI=1S/C13H23N3O3/c1-5-13(2,6-7-17)16-8-10-11(18-3)14-9-15-12(10)19-4/h9,16-17H,5-8H2,1-4H3. The van der Waals surface area contributed by atoms with Crippen molar-refractivity contribution in [3.63, 3.8) is 0 Å². The number of aliphatic hydroxyl groups excluding tert-OH is 1. The highest BCUT2D eigenvalue weighted by Crippen LogP contribution is 2.24. The zero-order valence-electron chi connectivity index (χ0n) is 12.1. The molecule has 1 aromatic heterocycles. The summed E-state index contributed by atoms with van der Waals surface area (Å²) < 4.78 is 10.5. The van der Waals surface area contributed by atoms with Crippen LogP contribution in [0.2, 0.25) is 0 Å². The number of hydrogen-bond donors (Lipinski definition) is 2. The molecule has 1 rings (SSSR count). The third-order valence-electron chi connectivity index (χ3n) is 3.39. The maximum Gasteiger partial charge on any atom is 0.224 e. The van der Waals surface area contributed by atoms with Crippen LogP contribution in [0.3, 0.4) is 0 Å². The molecule has 0 saturated heterocycles. The van der Waals surface area contributed by atoms with Gasteiger partial charge in [0.1, 0.15) is 6.33 Å². The van der Waals surface area contributed by atoms with Gasteiger partial charge in [-0.2, -0.15) is 0 Å². The van der Waals surface area contributed by atoms with Gasteiger partial charge in [-0.05, 0) is 19.8 Å². The minimum absolute atomic E-state index is 0.138. The van der Waals surface area contributed by atoms with Gasteiger partial charge in [-0.3, -0.25) is 0 Å². The molecule has 0 amide bonds. The summed E-state index contributed by atoms with van der Waals surface area (Å²) in [6, 6.07) is 0. The van der Waals surface area contributed by atoms with Crippen LogP contribution in [-0.4, -0.2) is 41.4 Å². The highest BCUT2D eigenvalue weighted by molar-refractivity contribution is 5.34. The monoisotopic (exact) mass is 269 g/mol. The molecule has 0 bridgehead atoms. The molecule has 0 aromatic carbocycles. The maximum atomic E-state index is 9.12. The second-order valence-electron chi connectivity index (χ2n) is 4.61. The molecule has 6 nitrogen and oxygen atoms in total. The zero-order chi connectivity index (χ0) is 14.3. The Hall–Kier alpha value is -1.40. The SMILES string of the molecule is CCC(C)(CCO)NCc1c(OC)ncnc1OC. The molecular formula is C13H23N3O3. The second-order valence-corrected chi connectivity index (χ2v) is 4.61. The Morgan fingerprint density at radius 1 is 1.26 bits per heavy atom. The molecule has 0 aliphatic rings. The molecule has 1 unspecified atom stereocenters. The lowest BCUT2D eigenvalue weighted by Crippen LogP contribution is -2.42. The summed E-state index contributed by atoms with van der Waals surface area (Å²) in [5.74, 6) is 1.00. The van der Waals surface area contributed by atoms with Crippen LogP contribution in [0.5, 0.6) is 11.8 Å². The van der Waals surface area contributed by atoms with E-state index in [0.29, 0.717) is 24.7 Å². The smallest absolute Gasteiger partial charge is 0.224 e. The summed E-state index contributed by atoms with van der Waals surface area (Å²) in [7, 11) is 3.13. The second kappa shape index (κ2) is 7.25. The van der Waals surface area contributed by atoms with Gasteiger partial charge in [0, 0.05) is 18.7 Å². The van der Waals surface area contributed by atoms with Crippen molar-refractivity contribution < 1.29 is 14.6 Å². The fourth-order valence-corrected chi connectivity index (χ4v) is 1.82. The van der Waals surface area contributed by atoms with E-state index in [1.165, 1.54) is 6.33 Å². The van der Waals surface area contributed by atoms with Crippen LogP contribution < -0.4 is 14.8 Å². The maximum absolute atomic E-state index is 9.12. The number of nitrogens with zero attached hydrogens (tertiary/aromatic N) is 2. The van der Waals surface area contributed by atoms with E-state index in [1.54, 1.807) is 14.2 Å². The molecule has 0 aliphatic carbocycles. The van der Waals surface area contributed by atoms with Gasteiger partial charge in [0.05, 0.1) is 19.8 Å². The van der Waals surface area contributed by atoms with Gasteiger partial charge in [0.15, 0.2) is 0 Å². The van der Waals surface area contributed by atoms with E-state index in [1.807, 2.05) is 0 Å². The van der Waals surface area contributed by atoms with Gasteiger partial charge in [0.25, 0.3) is 0 Å². The van der Waals surface area contributed by atoms with Crippen LogP contribution in [-0.2, 0) is 6.54 Å². The number of ether oxygens (including phenoxy) is 2. The van der Waals surface area contributed by atoms with Gasteiger partial charge in [-0.25, -0.2) is 9.97 Å². The fourth-order valence-electron chi connectivity index (χ4n) is 1.82. The average Bonchev–Trinajstić information content (AvgIpc) is 2.44. The summed E-state index contributed by atoms with van der Waals surface area (Å²) >= 11 is 0. The molecule has 19 heavy (non-hydrogen) atoms. The van der Waals surface area contributed by atoms with Crippen LogP contribution in [0.15, 0.2) is 6.33 Å². The van der Waals surface area contributed by atoms with Crippen LogP contribution in [0.1, 0.15) is 32.3 Å². The fraction of sp³-hybridized carbons (Fsp3) is 0.692. The molecule has 2 N–H and O–H groups in total. The van der Waals surface area contributed by atoms with Crippen LogP contribution in [0, 0.1) is 0 Å². The highest BCUT2D eigenvalue weighted by atomic mass is 16.5.